The van der Waals surface area contributed by atoms with Gasteiger partial charge in [0.25, 0.3) is 0 Å². The van der Waals surface area contributed by atoms with Gasteiger partial charge < -0.3 is 20.2 Å². The van der Waals surface area contributed by atoms with Crippen molar-refractivity contribution in [3.8, 4) is 5.75 Å². The van der Waals surface area contributed by atoms with Crippen molar-refractivity contribution in [3.05, 3.63) is 101 Å². The molecule has 2 aliphatic rings. The Balaban J connectivity index is 1.42. The second-order valence-corrected chi connectivity index (χ2v) is 9.90. The topological polar surface area (TPSA) is 89.9 Å². The van der Waals surface area contributed by atoms with Crippen molar-refractivity contribution in [1.82, 2.24) is 15.1 Å². The highest BCUT2D eigenvalue weighted by molar-refractivity contribution is 6.00. The lowest BCUT2D eigenvalue weighted by atomic mass is 9.88. The zero-order chi connectivity index (χ0) is 26.1. The molecule has 1 fully saturated rings. The molecule has 1 unspecified atom stereocenters. The molecule has 1 saturated heterocycles. The number of benzene rings is 3. The van der Waals surface area contributed by atoms with Crippen LogP contribution in [0, 0.1) is 6.92 Å². The predicted octanol–water partition coefficient (Wildman–Crippen LogP) is 3.28. The zero-order valence-corrected chi connectivity index (χ0v) is 21.1. The normalized spacial score (nSPS) is 19.7. The molecule has 0 spiro atoms. The summed E-state index contributed by atoms with van der Waals surface area (Å²) < 4.78 is 0. The van der Waals surface area contributed by atoms with Crippen molar-refractivity contribution in [1.29, 1.82) is 0 Å². The van der Waals surface area contributed by atoms with Gasteiger partial charge in [0.15, 0.2) is 0 Å². The van der Waals surface area contributed by atoms with E-state index in [2.05, 4.69) is 5.32 Å². The van der Waals surface area contributed by atoms with Crippen LogP contribution in [0.25, 0.3) is 0 Å². The van der Waals surface area contributed by atoms with E-state index in [-0.39, 0.29) is 23.5 Å². The van der Waals surface area contributed by atoms with E-state index in [0.29, 0.717) is 31.5 Å². The maximum atomic E-state index is 14.0. The second-order valence-electron chi connectivity index (χ2n) is 9.90. The number of amides is 3. The number of aromatic hydroxyl groups is 1. The number of piperazine rings is 1. The number of aryl methyl sites for hydroxylation is 1. The van der Waals surface area contributed by atoms with Crippen molar-refractivity contribution in [3.63, 3.8) is 0 Å². The number of rotatable bonds is 6. The Bertz CT molecular complexity index is 1320. The number of hydrogen-bond donors (Lipinski definition) is 2. The molecule has 3 aromatic rings. The molecule has 2 aliphatic heterocycles. The third-order valence-electron chi connectivity index (χ3n) is 7.41. The first kappa shape index (κ1) is 24.6. The highest BCUT2D eigenvalue weighted by Gasteiger charge is 2.49. The van der Waals surface area contributed by atoms with E-state index >= 15 is 0 Å². The summed E-state index contributed by atoms with van der Waals surface area (Å²) in [5.41, 5.74) is 4.80. The molecule has 3 amide bonds. The molecular formula is C30H31N3O4. The molecule has 7 nitrogen and oxygen atoms in total. The van der Waals surface area contributed by atoms with Crippen LogP contribution in [0.5, 0.6) is 5.75 Å². The number of nitrogens with zero attached hydrogens (tertiary/aromatic N) is 2. The average molecular weight is 498 g/mol. The van der Waals surface area contributed by atoms with Gasteiger partial charge in [0.05, 0.1) is 0 Å². The van der Waals surface area contributed by atoms with Crippen LogP contribution in [0.15, 0.2) is 72.8 Å². The zero-order valence-electron chi connectivity index (χ0n) is 21.1. The Morgan fingerprint density at radius 3 is 2.35 bits per heavy atom. The van der Waals surface area contributed by atoms with Gasteiger partial charge in [-0.15, -0.1) is 0 Å². The summed E-state index contributed by atoms with van der Waals surface area (Å²) in [6.07, 6.45) is 1.01. The van der Waals surface area contributed by atoms with Crippen LogP contribution in [0.4, 0.5) is 0 Å². The maximum absolute atomic E-state index is 14.0. The third kappa shape index (κ3) is 4.81. The first-order valence-electron chi connectivity index (χ1n) is 12.6. The van der Waals surface area contributed by atoms with E-state index in [1.165, 1.54) is 4.90 Å². The smallest absolute Gasteiger partial charge is 0.247 e. The van der Waals surface area contributed by atoms with E-state index in [0.717, 1.165) is 22.3 Å². The number of fused-ring (bicyclic) bond motifs is 2. The molecule has 0 saturated carbocycles. The van der Waals surface area contributed by atoms with Gasteiger partial charge >= 0.3 is 0 Å². The largest absolute Gasteiger partial charge is 0.508 e. The van der Waals surface area contributed by atoms with Crippen LogP contribution in [0.3, 0.4) is 0 Å². The Labute approximate surface area is 216 Å². The van der Waals surface area contributed by atoms with Crippen LogP contribution in [0.2, 0.25) is 0 Å². The highest BCUT2D eigenvalue weighted by atomic mass is 16.3. The lowest BCUT2D eigenvalue weighted by Crippen LogP contribution is -2.66. The number of carbonyl (C=O) groups excluding carboxylic acids is 3. The van der Waals surface area contributed by atoms with Crippen LogP contribution >= 0.6 is 0 Å². The van der Waals surface area contributed by atoms with Crippen LogP contribution in [-0.4, -0.2) is 51.3 Å². The summed E-state index contributed by atoms with van der Waals surface area (Å²) in [6, 6.07) is 19.9. The van der Waals surface area contributed by atoms with Crippen LogP contribution in [0.1, 0.15) is 40.8 Å². The molecule has 0 aromatic heterocycles. The minimum Gasteiger partial charge on any atom is -0.508 e. The molecular weight excluding hydrogens is 466 g/mol. The van der Waals surface area contributed by atoms with E-state index in [4.69, 9.17) is 0 Å². The van der Waals surface area contributed by atoms with Gasteiger partial charge in [0.2, 0.25) is 17.7 Å². The Morgan fingerprint density at radius 1 is 0.973 bits per heavy atom. The highest BCUT2D eigenvalue weighted by Crippen LogP contribution is 2.34. The van der Waals surface area contributed by atoms with Gasteiger partial charge in [0.1, 0.15) is 23.9 Å². The summed E-state index contributed by atoms with van der Waals surface area (Å²) in [5, 5.41) is 12.5. The van der Waals surface area contributed by atoms with Gasteiger partial charge in [-0.25, -0.2) is 0 Å². The molecule has 0 aliphatic carbocycles. The molecule has 2 heterocycles. The number of nitrogens with one attached hydrogen (secondary N) is 1. The first-order chi connectivity index (χ1) is 17.8. The summed E-state index contributed by atoms with van der Waals surface area (Å²) in [4.78, 5) is 44.3. The summed E-state index contributed by atoms with van der Waals surface area (Å²) in [7, 11) is 0. The lowest BCUT2D eigenvalue weighted by molar-refractivity contribution is -0.167. The molecule has 190 valence electrons. The number of hydrogen-bond acceptors (Lipinski definition) is 4. The number of carbonyl (C=O) groups is 3. The van der Waals surface area contributed by atoms with Crippen molar-refractivity contribution >= 4 is 17.7 Å². The fraction of sp³-hybridized carbons (Fsp3) is 0.300. The van der Waals surface area contributed by atoms with Gasteiger partial charge in [0, 0.05) is 19.5 Å². The van der Waals surface area contributed by atoms with Crippen molar-refractivity contribution in [2.45, 2.75) is 51.4 Å². The molecule has 5 rings (SSSR count). The average Bonchev–Trinajstić information content (AvgIpc) is 2.91. The molecule has 37 heavy (non-hydrogen) atoms. The summed E-state index contributed by atoms with van der Waals surface area (Å²) in [6.45, 7) is 4.44. The second kappa shape index (κ2) is 10.1. The van der Waals surface area contributed by atoms with Crippen molar-refractivity contribution < 1.29 is 19.5 Å². The first-order valence-corrected chi connectivity index (χ1v) is 12.6. The van der Waals surface area contributed by atoms with Gasteiger partial charge in [-0.2, -0.15) is 0 Å². The minimum absolute atomic E-state index is 0.145. The quantitative estimate of drug-likeness (QED) is 0.547. The van der Waals surface area contributed by atoms with Crippen molar-refractivity contribution in [2.24, 2.45) is 0 Å². The standard InChI is InChI=1S/C30H31N3O4/c1-19-7-11-22(12-8-19)27(28(35)31-16-15-21-9-13-25(34)14-10-21)33-20(2)29(36)32-18-24-6-4-3-5-23(24)17-26(32)30(33)37/h3-14,20,26-27,34H,15-18H2,1-2H3,(H,31,35)/t20-,26-,27?/m0/s1. The SMILES string of the molecule is Cc1ccc(C(C(=O)NCCc2ccc(O)cc2)N2C(=O)[C@@H]3Cc4ccccc4CN3C(=O)[C@@H]2C)cc1. The third-order valence-corrected chi connectivity index (χ3v) is 7.41. The number of phenolic OH excluding ortho intramolecular Hbond substituents is 1. The number of phenols is 1. The minimum atomic E-state index is -0.925. The molecule has 3 aromatic carbocycles. The van der Waals surface area contributed by atoms with Gasteiger partial charge in [-0.1, -0.05) is 66.2 Å². The van der Waals surface area contributed by atoms with Gasteiger partial charge in [-0.3, -0.25) is 14.4 Å². The fourth-order valence-electron chi connectivity index (χ4n) is 5.32. The summed E-state index contributed by atoms with van der Waals surface area (Å²) >= 11 is 0. The lowest BCUT2D eigenvalue weighted by Gasteiger charge is -2.48. The molecule has 0 bridgehead atoms. The molecule has 0 radical (unpaired) electrons. The Morgan fingerprint density at radius 2 is 1.65 bits per heavy atom. The Kier molecular flexibility index (Phi) is 6.70. The molecule has 3 atom stereocenters. The van der Waals surface area contributed by atoms with Gasteiger partial charge in [-0.05, 0) is 54.7 Å². The van der Waals surface area contributed by atoms with E-state index < -0.39 is 18.1 Å². The van der Waals surface area contributed by atoms with E-state index in [9.17, 15) is 19.5 Å². The van der Waals surface area contributed by atoms with E-state index in [1.54, 1.807) is 24.0 Å². The maximum Gasteiger partial charge on any atom is 0.247 e. The van der Waals surface area contributed by atoms with Crippen LogP contribution < -0.4 is 5.32 Å². The van der Waals surface area contributed by atoms with Crippen LogP contribution in [-0.2, 0) is 33.8 Å². The molecule has 2 N–H and O–H groups in total. The Hall–Kier alpha value is -4.13. The van der Waals surface area contributed by atoms with Crippen molar-refractivity contribution in [2.75, 3.05) is 6.54 Å². The fourth-order valence-corrected chi connectivity index (χ4v) is 5.32. The van der Waals surface area contributed by atoms with E-state index in [1.807, 2.05) is 67.6 Å². The molecule has 7 heteroatoms. The predicted molar refractivity (Wildman–Crippen MR) is 140 cm³/mol. The monoisotopic (exact) mass is 497 g/mol. The summed E-state index contributed by atoms with van der Waals surface area (Å²) in [5.74, 6) is -0.483.